The number of nitrogens with one attached hydrogen (secondary N) is 2. The molecule has 0 bridgehead atoms. The van der Waals surface area contributed by atoms with Gasteiger partial charge in [-0.05, 0) is 49.6 Å². The van der Waals surface area contributed by atoms with Gasteiger partial charge in [0.05, 0.1) is 11.4 Å². The number of nitrogens with two attached hydrogens (primary N) is 1. The minimum atomic E-state index is -3.02. The number of anilines is 3. The maximum atomic E-state index is 12.4. The predicted molar refractivity (Wildman–Crippen MR) is 118 cm³/mol. The van der Waals surface area contributed by atoms with Gasteiger partial charge in [-0.2, -0.15) is 0 Å². The fraction of sp³-hybridized carbons (Fsp3) is 0.158. The van der Waals surface area contributed by atoms with E-state index in [9.17, 15) is 18.0 Å². The molecule has 1 aliphatic rings. The van der Waals surface area contributed by atoms with Gasteiger partial charge in [-0.25, -0.2) is 13.2 Å². The van der Waals surface area contributed by atoms with E-state index in [0.717, 1.165) is 12.8 Å². The fourth-order valence-electron chi connectivity index (χ4n) is 2.97. The number of hydrogen-bond acceptors (Lipinski definition) is 6. The number of esters is 1. The summed E-state index contributed by atoms with van der Waals surface area (Å²) < 4.78 is 30.1. The predicted octanol–water partition coefficient (Wildman–Crippen LogP) is 2.49. The van der Waals surface area contributed by atoms with E-state index in [0.29, 0.717) is 22.7 Å². The van der Waals surface area contributed by atoms with E-state index in [1.165, 1.54) is 12.1 Å². The molecule has 2 aromatic rings. The number of thiol groups is 1. The third-order valence-corrected chi connectivity index (χ3v) is 4.88. The second-order valence-electron chi connectivity index (χ2n) is 6.24. The Morgan fingerprint density at radius 2 is 1.93 bits per heavy atom. The quantitative estimate of drug-likeness (QED) is 0.218. The van der Waals surface area contributed by atoms with Crippen LogP contribution in [-0.2, 0) is 15.7 Å². The first-order valence-electron chi connectivity index (χ1n) is 8.67. The molecule has 1 amide bonds. The molecule has 0 heterocycles. The molecule has 0 aromatic heterocycles. The number of primary amides is 1. The molecule has 30 heavy (non-hydrogen) atoms. The number of hydrogen-bond donors (Lipinski definition) is 4. The van der Waals surface area contributed by atoms with E-state index in [2.05, 4.69) is 10.0 Å². The standard InChI is InChI=1S/C19H18ClN3O5S.Na.H/c20-12-6-3-7-13(10-12)22-17-14(23-29(26)27)8-9-15(16(17)18(21)24)28-19(25)11-4-1-2-5-11;;/h3-4,6-10,22,29H,1-2,5H2,(H2,21,24)(H,23,26,27);;. The Balaban J connectivity index is 0.00000320. The zero-order chi connectivity index (χ0) is 21.0. The Hall–Kier alpha value is -2.04. The minimum absolute atomic E-state index is 0. The summed E-state index contributed by atoms with van der Waals surface area (Å²) in [7, 11) is -3.02. The van der Waals surface area contributed by atoms with E-state index >= 15 is 0 Å². The van der Waals surface area contributed by atoms with Gasteiger partial charge in [0, 0.05) is 16.3 Å². The molecule has 4 N–H and O–H groups in total. The van der Waals surface area contributed by atoms with Crippen LogP contribution in [0.4, 0.5) is 17.1 Å². The topological polar surface area (TPSA) is 128 Å². The van der Waals surface area contributed by atoms with Crippen LogP contribution < -0.4 is 20.5 Å². The Kier molecular flexibility index (Phi) is 8.75. The summed E-state index contributed by atoms with van der Waals surface area (Å²) in [6, 6.07) is 9.26. The normalized spacial score (nSPS) is 12.7. The molecule has 1 aliphatic carbocycles. The van der Waals surface area contributed by atoms with Crippen molar-refractivity contribution < 1.29 is 22.7 Å². The number of allylic oxidation sites excluding steroid dienone is 1. The number of benzene rings is 2. The molecule has 0 saturated heterocycles. The average Bonchev–Trinajstić information content (AvgIpc) is 3.18. The Bertz CT molecular complexity index is 1080. The monoisotopic (exact) mass is 459 g/mol. The van der Waals surface area contributed by atoms with Crippen molar-refractivity contribution in [3.63, 3.8) is 0 Å². The summed E-state index contributed by atoms with van der Waals surface area (Å²) in [5.41, 5.74) is 6.48. The molecule has 0 unspecified atom stereocenters. The first-order valence-corrected chi connectivity index (χ1v) is 10.2. The molecule has 0 spiro atoms. The molecule has 8 nitrogen and oxygen atoms in total. The van der Waals surface area contributed by atoms with Crippen molar-refractivity contribution in [2.45, 2.75) is 19.3 Å². The molecule has 0 radical (unpaired) electrons. The van der Waals surface area contributed by atoms with E-state index < -0.39 is 22.8 Å². The van der Waals surface area contributed by atoms with Crippen molar-refractivity contribution in [3.8, 4) is 5.75 Å². The summed E-state index contributed by atoms with van der Waals surface area (Å²) in [4.78, 5) is 24.6. The van der Waals surface area contributed by atoms with Gasteiger partial charge in [0.1, 0.15) is 11.3 Å². The molecule has 0 aliphatic heterocycles. The van der Waals surface area contributed by atoms with Gasteiger partial charge in [-0.3, -0.25) is 9.52 Å². The number of halogens is 1. The zero-order valence-electron chi connectivity index (χ0n) is 15.1. The fourth-order valence-corrected chi connectivity index (χ4v) is 3.54. The van der Waals surface area contributed by atoms with E-state index in [1.807, 2.05) is 0 Å². The molecule has 0 saturated carbocycles. The summed E-state index contributed by atoms with van der Waals surface area (Å²) in [6.45, 7) is 0. The Morgan fingerprint density at radius 1 is 1.17 bits per heavy atom. The Labute approximate surface area is 202 Å². The molecular formula is C19H19ClN3NaO5S. The van der Waals surface area contributed by atoms with Gasteiger partial charge in [-0.1, -0.05) is 23.7 Å². The van der Waals surface area contributed by atoms with E-state index in [1.54, 1.807) is 30.3 Å². The van der Waals surface area contributed by atoms with Crippen molar-refractivity contribution in [1.29, 1.82) is 0 Å². The summed E-state index contributed by atoms with van der Waals surface area (Å²) in [6.07, 6.45) is 4.02. The van der Waals surface area contributed by atoms with Crippen molar-refractivity contribution in [3.05, 3.63) is 58.6 Å². The van der Waals surface area contributed by atoms with E-state index in [4.69, 9.17) is 22.1 Å². The average molecular weight is 460 g/mol. The Morgan fingerprint density at radius 3 is 2.53 bits per heavy atom. The van der Waals surface area contributed by atoms with Crippen molar-refractivity contribution >= 4 is 81.0 Å². The molecule has 0 atom stereocenters. The van der Waals surface area contributed by atoms with Crippen LogP contribution in [0.3, 0.4) is 0 Å². The number of carbonyl (C=O) groups excluding carboxylic acids is 2. The summed E-state index contributed by atoms with van der Waals surface area (Å²) in [5.74, 6) is -1.55. The van der Waals surface area contributed by atoms with Crippen LogP contribution in [0.25, 0.3) is 0 Å². The number of carbonyl (C=O) groups is 2. The van der Waals surface area contributed by atoms with Gasteiger partial charge in [0.2, 0.25) is 10.9 Å². The van der Waals surface area contributed by atoms with Crippen molar-refractivity contribution in [2.24, 2.45) is 5.73 Å². The van der Waals surface area contributed by atoms with Crippen molar-refractivity contribution in [2.75, 3.05) is 10.0 Å². The number of ether oxygens (including phenoxy) is 1. The first-order chi connectivity index (χ1) is 13.8. The first kappa shape index (κ1) is 24.2. The molecule has 2 aromatic carbocycles. The van der Waals surface area contributed by atoms with Crippen LogP contribution in [0.1, 0.15) is 29.6 Å². The SMILES string of the molecule is NC(=O)c1c(OC(=O)C2=CCCC2)ccc(N[SH](=O)=O)c1Nc1cccc(Cl)c1.[NaH]. The van der Waals surface area contributed by atoms with Crippen molar-refractivity contribution in [1.82, 2.24) is 0 Å². The summed E-state index contributed by atoms with van der Waals surface area (Å²) in [5, 5.41) is 3.36. The van der Waals surface area contributed by atoms with Gasteiger partial charge >= 0.3 is 35.5 Å². The number of rotatable bonds is 7. The van der Waals surface area contributed by atoms with Crippen LogP contribution >= 0.6 is 11.6 Å². The molecule has 11 heteroatoms. The van der Waals surface area contributed by atoms with Crippen LogP contribution in [0, 0.1) is 0 Å². The van der Waals surface area contributed by atoms with Crippen LogP contribution in [0.15, 0.2) is 48.0 Å². The molecule has 154 valence electrons. The second kappa shape index (κ2) is 10.8. The summed E-state index contributed by atoms with van der Waals surface area (Å²) >= 11 is 5.99. The van der Waals surface area contributed by atoms with Gasteiger partial charge in [0.25, 0.3) is 5.91 Å². The second-order valence-corrected chi connectivity index (χ2v) is 7.42. The third-order valence-electron chi connectivity index (χ3n) is 4.23. The molecular weight excluding hydrogens is 441 g/mol. The molecule has 0 fully saturated rings. The third kappa shape index (κ3) is 5.99. The number of amides is 1. The van der Waals surface area contributed by atoms with Crippen LogP contribution in [0.5, 0.6) is 5.75 Å². The van der Waals surface area contributed by atoms with Crippen LogP contribution in [-0.4, -0.2) is 49.9 Å². The zero-order valence-corrected chi connectivity index (χ0v) is 16.8. The van der Waals surface area contributed by atoms with Crippen LogP contribution in [0.2, 0.25) is 5.02 Å². The van der Waals surface area contributed by atoms with Gasteiger partial charge in [-0.15, -0.1) is 0 Å². The molecule has 3 rings (SSSR count). The maximum absolute atomic E-state index is 12.4. The van der Waals surface area contributed by atoms with Gasteiger partial charge in [0.15, 0.2) is 0 Å². The van der Waals surface area contributed by atoms with Gasteiger partial charge < -0.3 is 15.8 Å². The van der Waals surface area contributed by atoms with E-state index in [-0.39, 0.29) is 52.2 Å².